The SMILES string of the molecule is Cc1cc(C)cc(NC(=O)[C@H](c2ccccc2)N2CCN(C(=O)c3cccs3)CC2)c1. The van der Waals surface area contributed by atoms with Crippen LogP contribution in [0, 0.1) is 13.8 Å². The Labute approximate surface area is 187 Å². The molecule has 0 unspecified atom stereocenters. The molecule has 1 aliphatic rings. The second-order valence-corrected chi connectivity index (χ2v) is 8.93. The number of benzene rings is 2. The molecule has 2 heterocycles. The summed E-state index contributed by atoms with van der Waals surface area (Å²) in [5.74, 6) is 0.0276. The van der Waals surface area contributed by atoms with E-state index in [1.54, 1.807) is 0 Å². The van der Waals surface area contributed by atoms with E-state index in [1.807, 2.05) is 78.7 Å². The van der Waals surface area contributed by atoms with Crippen LogP contribution in [0.2, 0.25) is 0 Å². The highest BCUT2D eigenvalue weighted by atomic mass is 32.1. The Morgan fingerprint density at radius 2 is 1.58 bits per heavy atom. The summed E-state index contributed by atoms with van der Waals surface area (Å²) in [7, 11) is 0. The summed E-state index contributed by atoms with van der Waals surface area (Å²) in [4.78, 5) is 30.9. The molecule has 3 aromatic rings. The van der Waals surface area contributed by atoms with Crippen LogP contribution in [0.5, 0.6) is 0 Å². The lowest BCUT2D eigenvalue weighted by atomic mass is 10.0. The predicted octanol–water partition coefficient (Wildman–Crippen LogP) is 4.50. The lowest BCUT2D eigenvalue weighted by molar-refractivity contribution is -0.122. The molecule has 5 nitrogen and oxygen atoms in total. The highest BCUT2D eigenvalue weighted by Gasteiger charge is 2.32. The minimum Gasteiger partial charge on any atom is -0.335 e. The number of amides is 2. The Balaban J connectivity index is 1.51. The molecular weight excluding hydrogens is 406 g/mol. The van der Waals surface area contributed by atoms with Gasteiger partial charge in [0.05, 0.1) is 4.88 Å². The summed E-state index contributed by atoms with van der Waals surface area (Å²) < 4.78 is 0. The largest absolute Gasteiger partial charge is 0.335 e. The average Bonchev–Trinajstić information content (AvgIpc) is 3.29. The van der Waals surface area contributed by atoms with Crippen molar-refractivity contribution in [1.82, 2.24) is 9.80 Å². The van der Waals surface area contributed by atoms with Crippen molar-refractivity contribution >= 4 is 28.8 Å². The molecule has 0 radical (unpaired) electrons. The molecule has 0 aliphatic carbocycles. The van der Waals surface area contributed by atoms with Crippen LogP contribution in [0.15, 0.2) is 66.0 Å². The molecule has 1 N–H and O–H groups in total. The first kappa shape index (κ1) is 21.3. The third-order valence-corrected chi connectivity index (χ3v) is 6.41. The van der Waals surface area contributed by atoms with Crippen LogP contribution in [-0.2, 0) is 4.79 Å². The van der Waals surface area contributed by atoms with Crippen molar-refractivity contribution < 1.29 is 9.59 Å². The van der Waals surface area contributed by atoms with Gasteiger partial charge in [0.2, 0.25) is 5.91 Å². The number of nitrogens with zero attached hydrogens (tertiary/aromatic N) is 2. The monoisotopic (exact) mass is 433 g/mol. The van der Waals surface area contributed by atoms with Gasteiger partial charge in [-0.25, -0.2) is 0 Å². The fourth-order valence-electron chi connectivity index (χ4n) is 4.16. The zero-order valence-corrected chi connectivity index (χ0v) is 18.7. The van der Waals surface area contributed by atoms with Gasteiger partial charge in [0, 0.05) is 31.9 Å². The molecule has 2 aromatic carbocycles. The quantitative estimate of drug-likeness (QED) is 0.644. The van der Waals surface area contributed by atoms with Gasteiger partial charge in [0.25, 0.3) is 5.91 Å². The van der Waals surface area contributed by atoms with Crippen molar-refractivity contribution in [3.63, 3.8) is 0 Å². The molecule has 1 saturated heterocycles. The van der Waals surface area contributed by atoms with E-state index < -0.39 is 6.04 Å². The van der Waals surface area contributed by atoms with Crippen LogP contribution in [0.4, 0.5) is 5.69 Å². The Morgan fingerprint density at radius 1 is 0.903 bits per heavy atom. The van der Waals surface area contributed by atoms with Crippen LogP contribution in [0.3, 0.4) is 0 Å². The smallest absolute Gasteiger partial charge is 0.264 e. The molecule has 0 bridgehead atoms. The summed E-state index contributed by atoms with van der Waals surface area (Å²) in [5, 5.41) is 5.04. The summed E-state index contributed by atoms with van der Waals surface area (Å²) in [6, 6.07) is 19.3. The summed E-state index contributed by atoms with van der Waals surface area (Å²) in [6.07, 6.45) is 0. The summed E-state index contributed by atoms with van der Waals surface area (Å²) >= 11 is 1.47. The molecule has 1 aromatic heterocycles. The van der Waals surface area contributed by atoms with E-state index in [-0.39, 0.29) is 11.8 Å². The van der Waals surface area contributed by atoms with Gasteiger partial charge in [-0.2, -0.15) is 0 Å². The standard InChI is InChI=1S/C25H27N3O2S/c1-18-15-19(2)17-21(16-18)26-24(29)23(20-7-4-3-5-8-20)27-10-12-28(13-11-27)25(30)22-9-6-14-31-22/h3-9,14-17,23H,10-13H2,1-2H3,(H,26,29)/t23-/m0/s1. The van der Waals surface area contributed by atoms with Gasteiger partial charge in [-0.15, -0.1) is 11.3 Å². The molecular formula is C25H27N3O2S. The normalized spacial score (nSPS) is 15.5. The van der Waals surface area contributed by atoms with Gasteiger partial charge >= 0.3 is 0 Å². The fourth-order valence-corrected chi connectivity index (χ4v) is 4.85. The molecule has 1 aliphatic heterocycles. The van der Waals surface area contributed by atoms with Crippen LogP contribution < -0.4 is 5.32 Å². The Kier molecular flexibility index (Phi) is 6.49. The van der Waals surface area contributed by atoms with Gasteiger partial charge in [-0.1, -0.05) is 42.5 Å². The number of carbonyl (C=O) groups excluding carboxylic acids is 2. The molecule has 0 saturated carbocycles. The number of piperazine rings is 1. The van der Waals surface area contributed by atoms with Crippen LogP contribution in [0.1, 0.15) is 32.4 Å². The zero-order valence-electron chi connectivity index (χ0n) is 17.9. The second kappa shape index (κ2) is 9.45. The number of hydrogen-bond donors (Lipinski definition) is 1. The molecule has 31 heavy (non-hydrogen) atoms. The number of aryl methyl sites for hydroxylation is 2. The van der Waals surface area contributed by atoms with Crippen molar-refractivity contribution in [2.24, 2.45) is 0 Å². The van der Waals surface area contributed by atoms with Crippen LogP contribution in [0.25, 0.3) is 0 Å². The van der Waals surface area contributed by atoms with Gasteiger partial charge in [-0.05, 0) is 54.1 Å². The van der Waals surface area contributed by atoms with E-state index >= 15 is 0 Å². The van der Waals surface area contributed by atoms with Gasteiger partial charge < -0.3 is 10.2 Å². The Bertz CT molecular complexity index is 1020. The van der Waals surface area contributed by atoms with Crippen molar-refractivity contribution in [1.29, 1.82) is 0 Å². The molecule has 6 heteroatoms. The van der Waals surface area contributed by atoms with Gasteiger partial charge in [0.1, 0.15) is 6.04 Å². The fraction of sp³-hybridized carbons (Fsp3) is 0.280. The lowest BCUT2D eigenvalue weighted by Crippen LogP contribution is -2.51. The minimum atomic E-state index is -0.402. The Hall–Kier alpha value is -2.96. The summed E-state index contributed by atoms with van der Waals surface area (Å²) in [5.41, 5.74) is 4.01. The highest BCUT2D eigenvalue weighted by Crippen LogP contribution is 2.26. The molecule has 0 spiro atoms. The van der Waals surface area contributed by atoms with Crippen molar-refractivity contribution in [2.45, 2.75) is 19.9 Å². The van der Waals surface area contributed by atoms with E-state index in [9.17, 15) is 9.59 Å². The molecule has 160 valence electrons. The number of nitrogens with one attached hydrogen (secondary N) is 1. The molecule has 1 fully saturated rings. The zero-order chi connectivity index (χ0) is 21.8. The second-order valence-electron chi connectivity index (χ2n) is 7.98. The molecule has 4 rings (SSSR count). The number of rotatable bonds is 5. The maximum absolute atomic E-state index is 13.4. The van der Waals surface area contributed by atoms with Crippen molar-refractivity contribution in [3.8, 4) is 0 Å². The summed E-state index contributed by atoms with van der Waals surface area (Å²) in [6.45, 7) is 6.57. The first-order valence-corrected chi connectivity index (χ1v) is 11.4. The third-order valence-electron chi connectivity index (χ3n) is 5.55. The third kappa shape index (κ3) is 5.03. The minimum absolute atomic E-state index is 0.0470. The van der Waals surface area contributed by atoms with Crippen LogP contribution >= 0.6 is 11.3 Å². The van der Waals surface area contributed by atoms with E-state index in [2.05, 4.69) is 16.3 Å². The van der Waals surface area contributed by atoms with Crippen LogP contribution in [-0.4, -0.2) is 47.8 Å². The number of hydrogen-bond acceptors (Lipinski definition) is 4. The van der Waals surface area contributed by atoms with E-state index in [0.717, 1.165) is 27.3 Å². The van der Waals surface area contributed by atoms with Gasteiger partial charge in [0.15, 0.2) is 0 Å². The first-order valence-electron chi connectivity index (χ1n) is 10.5. The van der Waals surface area contributed by atoms with E-state index in [1.165, 1.54) is 11.3 Å². The first-order chi connectivity index (χ1) is 15.0. The average molecular weight is 434 g/mol. The molecule has 1 atom stereocenters. The number of carbonyl (C=O) groups is 2. The molecule has 2 amide bonds. The maximum Gasteiger partial charge on any atom is 0.264 e. The van der Waals surface area contributed by atoms with Gasteiger partial charge in [-0.3, -0.25) is 14.5 Å². The Morgan fingerprint density at radius 3 is 2.19 bits per heavy atom. The number of thiophene rings is 1. The lowest BCUT2D eigenvalue weighted by Gasteiger charge is -2.38. The van der Waals surface area contributed by atoms with Crippen molar-refractivity contribution in [2.75, 3.05) is 31.5 Å². The highest BCUT2D eigenvalue weighted by molar-refractivity contribution is 7.12. The maximum atomic E-state index is 13.4. The number of anilines is 1. The van der Waals surface area contributed by atoms with E-state index in [0.29, 0.717) is 26.2 Å². The topological polar surface area (TPSA) is 52.7 Å². The van der Waals surface area contributed by atoms with Crippen molar-refractivity contribution in [3.05, 3.63) is 87.6 Å². The predicted molar refractivity (Wildman–Crippen MR) is 126 cm³/mol. The van der Waals surface area contributed by atoms with E-state index in [4.69, 9.17) is 0 Å².